The Balaban J connectivity index is 0.000000172. The van der Waals surface area contributed by atoms with Gasteiger partial charge < -0.3 is 15.1 Å². The van der Waals surface area contributed by atoms with Crippen LogP contribution in [0.5, 0.6) is 0 Å². The van der Waals surface area contributed by atoms with Gasteiger partial charge >= 0.3 is 5.78 Å². The Bertz CT molecular complexity index is 2070. The van der Waals surface area contributed by atoms with E-state index in [9.17, 15) is 0 Å². The molecule has 0 atom stereocenters. The van der Waals surface area contributed by atoms with Gasteiger partial charge in [-0.25, -0.2) is 0 Å². The zero-order valence-corrected chi connectivity index (χ0v) is 36.9. The second-order valence-corrected chi connectivity index (χ2v) is 13.3. The summed E-state index contributed by atoms with van der Waals surface area (Å²) in [5.74, 6) is 0.250. The monoisotopic (exact) mass is 1110 g/mol. The Morgan fingerprint density at radius 3 is 1.25 bits per heavy atom. The van der Waals surface area contributed by atoms with Crippen molar-refractivity contribution in [3.05, 3.63) is 226 Å². The number of allylic oxidation sites excluding steroid dienone is 2. The molecule has 7 heteroatoms. The van der Waals surface area contributed by atoms with Gasteiger partial charge in [0.1, 0.15) is 0 Å². The van der Waals surface area contributed by atoms with Gasteiger partial charge in [0.25, 0.3) is 0 Å². The predicted molar refractivity (Wildman–Crippen MR) is 228 cm³/mol. The van der Waals surface area contributed by atoms with E-state index in [1.54, 1.807) is 0 Å². The Labute approximate surface area is 364 Å². The van der Waals surface area contributed by atoms with Gasteiger partial charge in [0.05, 0.1) is 24.5 Å². The van der Waals surface area contributed by atoms with Gasteiger partial charge in [0.2, 0.25) is 0 Å². The van der Waals surface area contributed by atoms with Crippen molar-refractivity contribution < 1.29 is 50.1 Å². The molecule has 0 amide bonds. The van der Waals surface area contributed by atoms with E-state index in [1.807, 2.05) is 42.5 Å². The molecule has 3 aliphatic rings. The van der Waals surface area contributed by atoms with E-state index in [1.165, 1.54) is 58.9 Å². The maximum absolute atomic E-state index is 8.40. The minimum absolute atomic E-state index is 0. The van der Waals surface area contributed by atoms with Gasteiger partial charge in [-0.05, 0) is 65.4 Å². The summed E-state index contributed by atoms with van der Waals surface area (Å²) in [5, 5.41) is 8.40. The van der Waals surface area contributed by atoms with Crippen LogP contribution in [0.15, 0.2) is 178 Å². The third kappa shape index (κ3) is 12.7. The van der Waals surface area contributed by atoms with Crippen molar-refractivity contribution in [2.45, 2.75) is 33.1 Å². The molecule has 0 saturated heterocycles. The van der Waals surface area contributed by atoms with Crippen LogP contribution in [0.4, 0.5) is 0 Å². The van der Waals surface area contributed by atoms with Crippen molar-refractivity contribution in [2.24, 2.45) is 15.0 Å². The van der Waals surface area contributed by atoms with Crippen molar-refractivity contribution >= 4 is 22.9 Å². The number of rotatable bonds is 4. The molecule has 292 valence electrons. The molecule has 5 nitrogen and oxygen atoms in total. The summed E-state index contributed by atoms with van der Waals surface area (Å²) in [7, 11) is 0. The molecule has 3 aliphatic heterocycles. The summed E-state index contributed by atoms with van der Waals surface area (Å²) in [4.78, 5) is 22.3. The number of carbonyl (C=O) groups excluding carboxylic acids is 1. The number of aliphatic hydroxyl groups excluding tert-OH is 1. The van der Waals surface area contributed by atoms with Crippen LogP contribution in [0.2, 0.25) is 0 Å². The normalized spacial score (nSPS) is 13.3. The van der Waals surface area contributed by atoms with E-state index in [-0.39, 0.29) is 51.8 Å². The van der Waals surface area contributed by atoms with E-state index in [0.29, 0.717) is 0 Å². The van der Waals surface area contributed by atoms with Gasteiger partial charge in [-0.2, -0.15) is 0 Å². The summed E-state index contributed by atoms with van der Waals surface area (Å²) in [6.45, 7) is 5.67. The van der Waals surface area contributed by atoms with Crippen LogP contribution in [0.25, 0.3) is 0 Å². The van der Waals surface area contributed by atoms with E-state index in [4.69, 9.17) is 9.90 Å². The van der Waals surface area contributed by atoms with Crippen molar-refractivity contribution in [3.63, 3.8) is 0 Å². The van der Waals surface area contributed by atoms with Gasteiger partial charge in [0, 0.05) is 71.0 Å². The summed E-state index contributed by atoms with van der Waals surface area (Å²) in [6.07, 6.45) is 4.44. The molecule has 6 aromatic carbocycles. The van der Waals surface area contributed by atoms with Crippen molar-refractivity contribution in [2.75, 3.05) is 19.6 Å². The predicted octanol–water partition coefficient (Wildman–Crippen LogP) is 9.85. The number of aliphatic imine (C=N–C) groups is 3. The van der Waals surface area contributed by atoms with Crippen LogP contribution < -0.4 is 0 Å². The number of benzene rings is 6. The fourth-order valence-electron chi connectivity index (χ4n) is 6.71. The molecule has 0 bridgehead atoms. The largest absolute Gasteiger partial charge is 0.512 e. The molecule has 2 radical (unpaired) electrons. The molecule has 0 saturated carbocycles. The van der Waals surface area contributed by atoms with Gasteiger partial charge in [-0.3, -0.25) is 9.79 Å². The van der Waals surface area contributed by atoms with Gasteiger partial charge in [-0.15, -0.1) is 71.8 Å². The number of aliphatic hydroxyl groups is 1. The number of nitrogens with zero attached hydrogens (tertiary/aromatic N) is 3. The Morgan fingerprint density at radius 1 is 0.509 bits per heavy atom. The van der Waals surface area contributed by atoms with Crippen LogP contribution in [-0.4, -0.2) is 52.5 Å². The smallest absolute Gasteiger partial charge is 0.316 e. The van der Waals surface area contributed by atoms with Gasteiger partial charge in [-0.1, -0.05) is 103 Å². The SMILES string of the molecule is CC(=[OH+])C=C(C)O.[Ir].[Ir].[c-]1ccccc1C1=NCCc2ccccc21.[c-]1ccccc1C1=NCCc2ccccc21.c1ccc(C2=NCCc3ccccc32)cc1. The number of hydrogen-bond donors (Lipinski definition) is 1. The molecule has 0 aliphatic carbocycles. The molecule has 0 aromatic heterocycles. The standard InChI is InChI=1S/C15H13N.2C15H12N.C5H8O2.2Ir/c3*1-2-7-13(8-3-1)15-14-9-5-4-6-12(14)10-11-16-15;1-4(6)3-5(2)7;;/h1-9H,10-11H2;2*1-7,9H,10-11H2;3,6H,1-2H3;;/q;2*-1;;;/p+1. The molecule has 57 heavy (non-hydrogen) atoms. The quantitative estimate of drug-likeness (QED) is 0.0812. The second kappa shape index (κ2) is 23.2. The zero-order valence-electron chi connectivity index (χ0n) is 32.2. The fraction of sp³-hybridized carbons (Fsp3) is 0.160. The first kappa shape index (κ1) is 44.6. The van der Waals surface area contributed by atoms with Crippen molar-refractivity contribution in [3.8, 4) is 0 Å². The molecule has 0 spiro atoms. The Hall–Kier alpha value is -5.16. The second-order valence-electron chi connectivity index (χ2n) is 13.3. The number of fused-ring (bicyclic) bond motifs is 3. The third-order valence-electron chi connectivity index (χ3n) is 9.16. The van der Waals surface area contributed by atoms with E-state index >= 15 is 0 Å². The first-order chi connectivity index (χ1) is 27.0. The summed E-state index contributed by atoms with van der Waals surface area (Å²) in [5.41, 5.74) is 14.7. The van der Waals surface area contributed by atoms with Crippen LogP contribution in [0, 0.1) is 12.1 Å². The van der Waals surface area contributed by atoms with Crippen molar-refractivity contribution in [1.29, 1.82) is 0 Å². The Morgan fingerprint density at radius 2 is 0.877 bits per heavy atom. The Kier molecular flexibility index (Phi) is 18.1. The summed E-state index contributed by atoms with van der Waals surface area (Å²) < 4.78 is 0. The maximum atomic E-state index is 8.40. The average Bonchev–Trinajstić information content (AvgIpc) is 3.24. The average molecular weight is 1110 g/mol. The summed E-state index contributed by atoms with van der Waals surface area (Å²) >= 11 is 0. The van der Waals surface area contributed by atoms with Crippen molar-refractivity contribution in [1.82, 2.24) is 0 Å². The van der Waals surface area contributed by atoms with E-state index < -0.39 is 0 Å². The molecule has 3 heterocycles. The molecule has 2 N–H and O–H groups in total. The molecular formula is C50H46Ir2N3O2-. The zero-order chi connectivity index (χ0) is 38.2. The van der Waals surface area contributed by atoms with Crippen LogP contribution >= 0.6 is 0 Å². The minimum Gasteiger partial charge on any atom is -0.512 e. The van der Waals surface area contributed by atoms with Gasteiger partial charge in [0.15, 0.2) is 0 Å². The topological polar surface area (TPSA) is 78.7 Å². The number of ketones is 1. The molecular weight excluding hydrogens is 1060 g/mol. The number of hydrogen-bond acceptors (Lipinski definition) is 4. The minimum atomic E-state index is 0. The molecule has 0 fully saturated rings. The van der Waals surface area contributed by atoms with E-state index in [0.717, 1.165) is 67.2 Å². The van der Waals surface area contributed by atoms with E-state index in [2.05, 4.69) is 136 Å². The fourth-order valence-corrected chi connectivity index (χ4v) is 6.71. The molecule has 6 aromatic rings. The summed E-state index contributed by atoms with van der Waals surface area (Å²) in [6, 6.07) is 58.5. The molecule has 0 unspecified atom stereocenters. The van der Waals surface area contributed by atoms with Crippen LogP contribution in [0.3, 0.4) is 0 Å². The first-order valence-corrected chi connectivity index (χ1v) is 18.8. The maximum Gasteiger partial charge on any atom is 0.316 e. The van der Waals surface area contributed by atoms with Crippen LogP contribution in [-0.2, 0) is 59.5 Å². The first-order valence-electron chi connectivity index (χ1n) is 18.8. The van der Waals surface area contributed by atoms with Crippen LogP contribution in [0.1, 0.15) is 63.9 Å². The molecule has 9 rings (SSSR count). The third-order valence-corrected chi connectivity index (χ3v) is 9.16.